The first-order valence-corrected chi connectivity index (χ1v) is 7.81. The third kappa shape index (κ3) is 3.89. The number of nitrogens with one attached hydrogen (secondary N) is 1. The minimum absolute atomic E-state index is 0.0654. The summed E-state index contributed by atoms with van der Waals surface area (Å²) in [5.74, 6) is -0.472. The number of halogens is 2. The molecular weight excluding hydrogens is 311 g/mol. The fourth-order valence-electron chi connectivity index (χ4n) is 2.35. The molecule has 0 aliphatic carbocycles. The van der Waals surface area contributed by atoms with Crippen LogP contribution in [0, 0.1) is 5.92 Å². The molecule has 1 atom stereocenters. The van der Waals surface area contributed by atoms with Gasteiger partial charge in [-0.2, -0.15) is 0 Å². The zero-order valence-corrected chi connectivity index (χ0v) is 13.4. The number of hydrogen-bond donors (Lipinski definition) is 1. The van der Waals surface area contributed by atoms with Gasteiger partial charge in [0, 0.05) is 24.5 Å². The Morgan fingerprint density at radius 2 is 2.19 bits per heavy atom. The molecule has 2 rings (SSSR count). The number of amides is 2. The van der Waals surface area contributed by atoms with Crippen molar-refractivity contribution in [3.8, 4) is 0 Å². The average molecular weight is 329 g/mol. The standard InChI is InChI=1S/C15H18Cl2N2O2/c1-2-3-6-18-15(21)10-7-14(20)19(9-10)13-5-4-11(16)8-12(13)17/h4-5,8,10H,2-3,6-7,9H2,1H3,(H,18,21). The maximum Gasteiger partial charge on any atom is 0.227 e. The van der Waals surface area contributed by atoms with Crippen molar-refractivity contribution in [1.29, 1.82) is 0 Å². The lowest BCUT2D eigenvalue weighted by Gasteiger charge is -2.18. The number of anilines is 1. The summed E-state index contributed by atoms with van der Waals surface area (Å²) in [5.41, 5.74) is 0.606. The molecule has 0 saturated carbocycles. The number of carbonyl (C=O) groups excluding carboxylic acids is 2. The van der Waals surface area contributed by atoms with E-state index in [1.165, 1.54) is 0 Å². The average Bonchev–Trinajstić information content (AvgIpc) is 2.81. The SMILES string of the molecule is CCCCNC(=O)C1CC(=O)N(c2ccc(Cl)cc2Cl)C1. The molecule has 1 aliphatic heterocycles. The van der Waals surface area contributed by atoms with Gasteiger partial charge in [0.05, 0.1) is 16.6 Å². The third-order valence-electron chi connectivity index (χ3n) is 3.53. The summed E-state index contributed by atoms with van der Waals surface area (Å²) in [6, 6.07) is 4.99. The van der Waals surface area contributed by atoms with Crippen molar-refractivity contribution in [2.24, 2.45) is 5.92 Å². The minimum Gasteiger partial charge on any atom is -0.356 e. The van der Waals surface area contributed by atoms with Crippen molar-refractivity contribution >= 4 is 40.7 Å². The van der Waals surface area contributed by atoms with Crippen LogP contribution >= 0.6 is 23.2 Å². The van der Waals surface area contributed by atoms with Crippen molar-refractivity contribution in [2.75, 3.05) is 18.0 Å². The van der Waals surface area contributed by atoms with Gasteiger partial charge in [0.2, 0.25) is 11.8 Å². The first kappa shape index (κ1) is 16.1. The van der Waals surface area contributed by atoms with Gasteiger partial charge in [0.25, 0.3) is 0 Å². The summed E-state index contributed by atoms with van der Waals surface area (Å²) in [7, 11) is 0. The molecule has 1 aliphatic rings. The second-order valence-electron chi connectivity index (χ2n) is 5.15. The molecule has 4 nitrogen and oxygen atoms in total. The molecule has 21 heavy (non-hydrogen) atoms. The summed E-state index contributed by atoms with van der Waals surface area (Å²) in [6.45, 7) is 3.08. The summed E-state index contributed by atoms with van der Waals surface area (Å²) >= 11 is 12.0. The second kappa shape index (κ2) is 7.14. The van der Waals surface area contributed by atoms with Crippen molar-refractivity contribution < 1.29 is 9.59 Å². The molecule has 1 unspecified atom stereocenters. The Morgan fingerprint density at radius 1 is 1.43 bits per heavy atom. The smallest absolute Gasteiger partial charge is 0.227 e. The van der Waals surface area contributed by atoms with Gasteiger partial charge in [0.15, 0.2) is 0 Å². The van der Waals surface area contributed by atoms with Crippen molar-refractivity contribution in [3.05, 3.63) is 28.2 Å². The van der Waals surface area contributed by atoms with Crippen LogP contribution in [0.2, 0.25) is 10.0 Å². The molecule has 1 saturated heterocycles. The van der Waals surface area contributed by atoms with E-state index in [0.717, 1.165) is 12.8 Å². The van der Waals surface area contributed by atoms with E-state index in [-0.39, 0.29) is 24.2 Å². The van der Waals surface area contributed by atoms with Crippen LogP contribution in [0.15, 0.2) is 18.2 Å². The first-order chi connectivity index (χ1) is 10.0. The Hall–Kier alpha value is -1.26. The summed E-state index contributed by atoms with van der Waals surface area (Å²) in [6.07, 6.45) is 2.19. The van der Waals surface area contributed by atoms with Crippen molar-refractivity contribution in [2.45, 2.75) is 26.2 Å². The minimum atomic E-state index is -0.318. The Balaban J connectivity index is 2.04. The topological polar surface area (TPSA) is 49.4 Å². The normalized spacial score (nSPS) is 18.1. The molecule has 1 aromatic carbocycles. The van der Waals surface area contributed by atoms with Gasteiger partial charge in [-0.05, 0) is 24.6 Å². The van der Waals surface area contributed by atoms with Crippen LogP contribution in [0.5, 0.6) is 0 Å². The molecule has 1 fully saturated rings. The van der Waals surface area contributed by atoms with Gasteiger partial charge in [-0.1, -0.05) is 36.5 Å². The highest BCUT2D eigenvalue weighted by Gasteiger charge is 2.35. The highest BCUT2D eigenvalue weighted by atomic mass is 35.5. The molecular formula is C15H18Cl2N2O2. The Kier molecular flexibility index (Phi) is 5.48. The fourth-order valence-corrected chi connectivity index (χ4v) is 2.86. The highest BCUT2D eigenvalue weighted by Crippen LogP contribution is 2.33. The number of carbonyl (C=O) groups is 2. The lowest BCUT2D eigenvalue weighted by molar-refractivity contribution is -0.126. The van der Waals surface area contributed by atoms with E-state index < -0.39 is 0 Å². The van der Waals surface area contributed by atoms with Crippen LogP contribution in [0.25, 0.3) is 0 Å². The van der Waals surface area contributed by atoms with Crippen LogP contribution in [0.1, 0.15) is 26.2 Å². The first-order valence-electron chi connectivity index (χ1n) is 7.06. The van der Waals surface area contributed by atoms with Crippen molar-refractivity contribution in [1.82, 2.24) is 5.32 Å². The largest absolute Gasteiger partial charge is 0.356 e. The molecule has 1 N–H and O–H groups in total. The molecule has 6 heteroatoms. The molecule has 0 spiro atoms. The number of rotatable bonds is 5. The second-order valence-corrected chi connectivity index (χ2v) is 5.99. The molecule has 1 heterocycles. The highest BCUT2D eigenvalue weighted by molar-refractivity contribution is 6.36. The van der Waals surface area contributed by atoms with Crippen LogP contribution in [0.3, 0.4) is 0 Å². The van der Waals surface area contributed by atoms with Gasteiger partial charge < -0.3 is 10.2 Å². The Labute approximate surface area is 134 Å². The molecule has 0 aromatic heterocycles. The maximum atomic E-state index is 12.1. The lowest BCUT2D eigenvalue weighted by atomic mass is 10.1. The van der Waals surface area contributed by atoms with Crippen LogP contribution in [0.4, 0.5) is 5.69 Å². The van der Waals surface area contributed by atoms with E-state index >= 15 is 0 Å². The van der Waals surface area contributed by atoms with Gasteiger partial charge >= 0.3 is 0 Å². The van der Waals surface area contributed by atoms with E-state index in [1.54, 1.807) is 23.1 Å². The van der Waals surface area contributed by atoms with Gasteiger partial charge in [-0.25, -0.2) is 0 Å². The molecule has 0 radical (unpaired) electrons. The number of hydrogen-bond acceptors (Lipinski definition) is 2. The van der Waals surface area contributed by atoms with E-state index in [9.17, 15) is 9.59 Å². The van der Waals surface area contributed by atoms with E-state index in [1.807, 2.05) is 0 Å². The van der Waals surface area contributed by atoms with E-state index in [0.29, 0.717) is 28.8 Å². The number of benzene rings is 1. The zero-order valence-electron chi connectivity index (χ0n) is 11.9. The number of unbranched alkanes of at least 4 members (excludes halogenated alkanes) is 1. The van der Waals surface area contributed by atoms with E-state index in [2.05, 4.69) is 12.2 Å². The summed E-state index contributed by atoms with van der Waals surface area (Å²) < 4.78 is 0. The third-order valence-corrected chi connectivity index (χ3v) is 4.06. The number of nitrogens with zero attached hydrogens (tertiary/aromatic N) is 1. The molecule has 2 amide bonds. The predicted octanol–water partition coefficient (Wildman–Crippen LogP) is 3.26. The van der Waals surface area contributed by atoms with Crippen LogP contribution < -0.4 is 10.2 Å². The zero-order chi connectivity index (χ0) is 15.4. The van der Waals surface area contributed by atoms with Crippen molar-refractivity contribution in [3.63, 3.8) is 0 Å². The fraction of sp³-hybridized carbons (Fsp3) is 0.467. The van der Waals surface area contributed by atoms with Gasteiger partial charge in [0.1, 0.15) is 0 Å². The lowest BCUT2D eigenvalue weighted by Crippen LogP contribution is -2.33. The van der Waals surface area contributed by atoms with Gasteiger partial charge in [-0.15, -0.1) is 0 Å². The Morgan fingerprint density at radius 3 is 2.86 bits per heavy atom. The maximum absolute atomic E-state index is 12.1. The van der Waals surface area contributed by atoms with Crippen LogP contribution in [-0.4, -0.2) is 24.9 Å². The molecule has 114 valence electrons. The Bertz CT molecular complexity index is 548. The quantitative estimate of drug-likeness (QED) is 0.843. The molecule has 1 aromatic rings. The summed E-state index contributed by atoms with van der Waals surface area (Å²) in [4.78, 5) is 25.7. The van der Waals surface area contributed by atoms with Gasteiger partial charge in [-0.3, -0.25) is 9.59 Å². The summed E-state index contributed by atoms with van der Waals surface area (Å²) in [5, 5.41) is 3.81. The van der Waals surface area contributed by atoms with Crippen LogP contribution in [-0.2, 0) is 9.59 Å². The monoisotopic (exact) mass is 328 g/mol. The van der Waals surface area contributed by atoms with E-state index in [4.69, 9.17) is 23.2 Å². The predicted molar refractivity (Wildman–Crippen MR) is 84.8 cm³/mol. The molecule has 0 bridgehead atoms.